The summed E-state index contributed by atoms with van der Waals surface area (Å²) in [5, 5.41) is 9.38. The third kappa shape index (κ3) is 5.93. The van der Waals surface area contributed by atoms with Crippen LogP contribution in [0.25, 0.3) is 0 Å². The lowest BCUT2D eigenvalue weighted by molar-refractivity contribution is -0.150. The van der Waals surface area contributed by atoms with E-state index in [0.717, 1.165) is 32.1 Å². The average molecular weight is 283 g/mol. The van der Waals surface area contributed by atoms with Crippen molar-refractivity contribution in [3.8, 4) is 0 Å². The van der Waals surface area contributed by atoms with E-state index < -0.39 is 12.0 Å². The van der Waals surface area contributed by atoms with Gasteiger partial charge in [0.25, 0.3) is 0 Å². The monoisotopic (exact) mass is 283 g/mol. The van der Waals surface area contributed by atoms with E-state index in [2.05, 4.69) is 6.92 Å². The second kappa shape index (κ2) is 9.78. The Morgan fingerprint density at radius 1 is 1.15 bits per heavy atom. The highest BCUT2D eigenvalue weighted by molar-refractivity contribution is 5.83. The summed E-state index contributed by atoms with van der Waals surface area (Å²) >= 11 is 0. The van der Waals surface area contributed by atoms with E-state index in [1.54, 1.807) is 4.90 Å². The molecule has 1 N–H and O–H groups in total. The summed E-state index contributed by atoms with van der Waals surface area (Å²) in [5.41, 5.74) is 0. The standard InChI is InChI=1S/C16H29NO3/c1-2-3-4-5-6-8-11-14(16(19)20)17-13-10-7-9-12-15(17)18/h14H,2-13H2,1H3,(H,19,20). The molecule has 4 nitrogen and oxygen atoms in total. The van der Waals surface area contributed by atoms with Crippen LogP contribution in [-0.2, 0) is 9.59 Å². The second-order valence-corrected chi connectivity index (χ2v) is 5.81. The SMILES string of the molecule is CCCCCCCCC(C(=O)O)N1CCCCCC1=O. The Bertz CT molecular complexity index is 304. The predicted molar refractivity (Wildman–Crippen MR) is 79.6 cm³/mol. The zero-order valence-corrected chi connectivity index (χ0v) is 12.8. The van der Waals surface area contributed by atoms with Crippen molar-refractivity contribution in [3.63, 3.8) is 0 Å². The quantitative estimate of drug-likeness (QED) is 0.658. The van der Waals surface area contributed by atoms with E-state index in [-0.39, 0.29) is 5.91 Å². The minimum absolute atomic E-state index is 0.0286. The summed E-state index contributed by atoms with van der Waals surface area (Å²) in [6.45, 7) is 2.80. The smallest absolute Gasteiger partial charge is 0.326 e. The summed E-state index contributed by atoms with van der Waals surface area (Å²) in [6, 6.07) is -0.605. The number of hydrogen-bond acceptors (Lipinski definition) is 2. The van der Waals surface area contributed by atoms with Gasteiger partial charge >= 0.3 is 5.97 Å². The third-order valence-electron chi connectivity index (χ3n) is 4.10. The molecule has 1 aliphatic rings. The van der Waals surface area contributed by atoms with E-state index in [4.69, 9.17) is 0 Å². The number of hydrogen-bond donors (Lipinski definition) is 1. The lowest BCUT2D eigenvalue weighted by Gasteiger charge is -2.27. The number of aliphatic carboxylic acids is 1. The molecule has 1 fully saturated rings. The first-order valence-electron chi connectivity index (χ1n) is 8.19. The maximum atomic E-state index is 12.0. The molecule has 0 radical (unpaired) electrons. The van der Waals surface area contributed by atoms with Gasteiger partial charge in [0, 0.05) is 13.0 Å². The number of carboxylic acid groups (broad SMARTS) is 1. The highest BCUT2D eigenvalue weighted by Crippen LogP contribution is 2.18. The summed E-state index contributed by atoms with van der Waals surface area (Å²) in [5.74, 6) is -0.810. The zero-order valence-electron chi connectivity index (χ0n) is 12.8. The molecule has 1 amide bonds. The Morgan fingerprint density at radius 2 is 1.85 bits per heavy atom. The summed E-state index contributed by atoms with van der Waals surface area (Å²) < 4.78 is 0. The Morgan fingerprint density at radius 3 is 2.55 bits per heavy atom. The molecule has 0 aromatic heterocycles. The highest BCUT2D eigenvalue weighted by atomic mass is 16.4. The van der Waals surface area contributed by atoms with Gasteiger partial charge in [0.1, 0.15) is 6.04 Å². The van der Waals surface area contributed by atoms with E-state index in [9.17, 15) is 14.7 Å². The van der Waals surface area contributed by atoms with Gasteiger partial charge in [0.05, 0.1) is 0 Å². The largest absolute Gasteiger partial charge is 0.480 e. The van der Waals surface area contributed by atoms with Crippen molar-refractivity contribution in [2.45, 2.75) is 83.6 Å². The molecule has 1 rings (SSSR count). The van der Waals surface area contributed by atoms with Crippen LogP contribution in [0, 0.1) is 0 Å². The molecule has 20 heavy (non-hydrogen) atoms. The molecule has 0 aromatic rings. The van der Waals surface area contributed by atoms with Crippen LogP contribution in [0.3, 0.4) is 0 Å². The molecular formula is C16H29NO3. The van der Waals surface area contributed by atoms with Crippen LogP contribution in [0.4, 0.5) is 0 Å². The van der Waals surface area contributed by atoms with E-state index in [0.29, 0.717) is 19.4 Å². The van der Waals surface area contributed by atoms with Crippen LogP contribution >= 0.6 is 0 Å². The van der Waals surface area contributed by atoms with Crippen molar-refractivity contribution in [3.05, 3.63) is 0 Å². The molecule has 0 saturated carbocycles. The van der Waals surface area contributed by atoms with Gasteiger partial charge < -0.3 is 10.0 Å². The molecule has 0 bridgehead atoms. The normalized spacial score (nSPS) is 17.9. The molecule has 1 aliphatic heterocycles. The molecule has 0 aromatic carbocycles. The first kappa shape index (κ1) is 17.0. The Balaban J connectivity index is 2.39. The van der Waals surface area contributed by atoms with Gasteiger partial charge in [-0.3, -0.25) is 4.79 Å². The van der Waals surface area contributed by atoms with Crippen LogP contribution < -0.4 is 0 Å². The minimum Gasteiger partial charge on any atom is -0.480 e. The van der Waals surface area contributed by atoms with Gasteiger partial charge in [-0.15, -0.1) is 0 Å². The minimum atomic E-state index is -0.839. The fraction of sp³-hybridized carbons (Fsp3) is 0.875. The van der Waals surface area contributed by atoms with E-state index in [1.165, 1.54) is 25.7 Å². The fourth-order valence-corrected chi connectivity index (χ4v) is 2.86. The lowest BCUT2D eigenvalue weighted by Crippen LogP contribution is -2.44. The van der Waals surface area contributed by atoms with Gasteiger partial charge in [0.2, 0.25) is 5.91 Å². The summed E-state index contributed by atoms with van der Waals surface area (Å²) in [6.07, 6.45) is 10.9. The van der Waals surface area contributed by atoms with Gasteiger partial charge in [-0.2, -0.15) is 0 Å². The molecule has 4 heteroatoms. The molecule has 1 heterocycles. The summed E-state index contributed by atoms with van der Waals surface area (Å²) in [4.78, 5) is 25.0. The highest BCUT2D eigenvalue weighted by Gasteiger charge is 2.29. The van der Waals surface area contributed by atoms with Gasteiger partial charge in [0.15, 0.2) is 0 Å². The Hall–Kier alpha value is -1.06. The van der Waals surface area contributed by atoms with Crippen LogP contribution in [-0.4, -0.2) is 34.5 Å². The third-order valence-corrected chi connectivity index (χ3v) is 4.10. The zero-order chi connectivity index (χ0) is 14.8. The fourth-order valence-electron chi connectivity index (χ4n) is 2.86. The maximum Gasteiger partial charge on any atom is 0.326 e. The van der Waals surface area contributed by atoms with Gasteiger partial charge in [-0.05, 0) is 19.3 Å². The van der Waals surface area contributed by atoms with Gasteiger partial charge in [-0.25, -0.2) is 4.79 Å². The Labute approximate surface area is 122 Å². The molecule has 0 spiro atoms. The van der Waals surface area contributed by atoms with Crippen molar-refractivity contribution in [1.82, 2.24) is 4.90 Å². The first-order valence-corrected chi connectivity index (χ1v) is 8.19. The predicted octanol–water partition coefficient (Wildman–Crippen LogP) is 3.59. The average Bonchev–Trinajstić information content (AvgIpc) is 2.63. The second-order valence-electron chi connectivity index (χ2n) is 5.81. The van der Waals surface area contributed by atoms with E-state index >= 15 is 0 Å². The van der Waals surface area contributed by atoms with Crippen molar-refractivity contribution in [2.75, 3.05) is 6.54 Å². The first-order chi connectivity index (χ1) is 9.66. The molecule has 1 atom stereocenters. The topological polar surface area (TPSA) is 57.6 Å². The van der Waals surface area contributed by atoms with Crippen molar-refractivity contribution in [2.24, 2.45) is 0 Å². The van der Waals surface area contributed by atoms with Crippen LogP contribution in [0.2, 0.25) is 0 Å². The molecule has 0 aliphatic carbocycles. The van der Waals surface area contributed by atoms with Crippen LogP contribution in [0.1, 0.15) is 77.6 Å². The van der Waals surface area contributed by atoms with Crippen molar-refractivity contribution in [1.29, 1.82) is 0 Å². The molecular weight excluding hydrogens is 254 g/mol. The number of unbranched alkanes of at least 4 members (excludes halogenated alkanes) is 5. The van der Waals surface area contributed by atoms with Crippen molar-refractivity contribution >= 4 is 11.9 Å². The van der Waals surface area contributed by atoms with Gasteiger partial charge in [-0.1, -0.05) is 51.9 Å². The van der Waals surface area contributed by atoms with Crippen LogP contribution in [0.15, 0.2) is 0 Å². The molecule has 1 unspecified atom stereocenters. The molecule has 1 saturated heterocycles. The number of nitrogens with zero attached hydrogens (tertiary/aromatic N) is 1. The number of carbonyl (C=O) groups is 2. The van der Waals surface area contributed by atoms with Crippen LogP contribution in [0.5, 0.6) is 0 Å². The number of carboxylic acids is 1. The molecule has 116 valence electrons. The number of rotatable bonds is 9. The number of amides is 1. The lowest BCUT2D eigenvalue weighted by atomic mass is 10.0. The van der Waals surface area contributed by atoms with E-state index in [1.807, 2.05) is 0 Å². The maximum absolute atomic E-state index is 12.0. The summed E-state index contributed by atoms with van der Waals surface area (Å²) in [7, 11) is 0. The Kier molecular flexibility index (Phi) is 8.31. The van der Waals surface area contributed by atoms with Crippen molar-refractivity contribution < 1.29 is 14.7 Å². The number of likely N-dealkylation sites (tertiary alicyclic amines) is 1. The number of carbonyl (C=O) groups excluding carboxylic acids is 1.